The van der Waals surface area contributed by atoms with Gasteiger partial charge in [-0.1, -0.05) is 27.7 Å². The minimum Gasteiger partial charge on any atom is -0.0683 e. The first kappa shape index (κ1) is 36.6. The van der Waals surface area contributed by atoms with E-state index in [2.05, 4.69) is 15.5 Å². The van der Waals surface area contributed by atoms with Crippen molar-refractivity contribution in [3.8, 4) is 0 Å². The van der Waals surface area contributed by atoms with E-state index in [9.17, 15) is 0 Å². The fourth-order valence-corrected chi connectivity index (χ4v) is 0. The predicted octanol–water partition coefficient (Wildman–Crippen LogP) is 0.907. The number of rotatable bonds is 0. The second-order valence-corrected chi connectivity index (χ2v) is 0. The van der Waals surface area contributed by atoms with Crippen LogP contribution in [0.15, 0.2) is 0 Å². The van der Waals surface area contributed by atoms with Gasteiger partial charge in [0.05, 0.1) is 0 Å². The maximum Gasteiger partial charge on any atom is 0 e. The SMILES string of the molecule is CC.CC.[B].[B][B].[W]. The van der Waals surface area contributed by atoms with E-state index in [4.69, 9.17) is 0 Å². The van der Waals surface area contributed by atoms with Crippen LogP contribution in [0, 0.1) is 0 Å². The first-order chi connectivity index (χ1) is 3.00. The molecule has 0 aliphatic carbocycles. The normalized spacial score (nSPS) is 2.00. The van der Waals surface area contributed by atoms with Crippen LogP contribution < -0.4 is 0 Å². The number of hydrogen-bond donors (Lipinski definition) is 0. The third kappa shape index (κ3) is 305. The van der Waals surface area contributed by atoms with Gasteiger partial charge in [-0.2, -0.15) is 0 Å². The molecule has 0 rings (SSSR count). The summed E-state index contributed by atoms with van der Waals surface area (Å²) in [6, 6.07) is 0. The molecule has 0 fully saturated rings. The van der Waals surface area contributed by atoms with Gasteiger partial charge in [0.15, 0.2) is 0 Å². The summed E-state index contributed by atoms with van der Waals surface area (Å²) in [5.41, 5.74) is 0. The molecule has 0 amide bonds. The van der Waals surface area contributed by atoms with E-state index in [1.807, 2.05) is 27.7 Å². The standard InChI is InChI=1S/2C2H6.B2.B.W/c3*1-2;;/h2*1-2H3;;;. The molecule has 0 bridgehead atoms. The Morgan fingerprint density at radius 2 is 0.750 bits per heavy atom. The zero-order valence-corrected chi connectivity index (χ0v) is 9.07. The molecule has 0 unspecified atom stereocenters. The van der Waals surface area contributed by atoms with Crippen molar-refractivity contribution in [2.24, 2.45) is 0 Å². The van der Waals surface area contributed by atoms with E-state index in [1.54, 1.807) is 0 Å². The average molecular weight is 276 g/mol. The van der Waals surface area contributed by atoms with Gasteiger partial charge >= 0.3 is 0 Å². The maximum atomic E-state index is 4.00. The molecule has 0 N–H and O–H groups in total. The van der Waals surface area contributed by atoms with Crippen molar-refractivity contribution in [2.45, 2.75) is 27.7 Å². The van der Waals surface area contributed by atoms with Crippen LogP contribution in [-0.2, 0) is 21.1 Å². The molecule has 0 nitrogen and oxygen atoms in total. The first-order valence-electron chi connectivity index (χ1n) is 2.33. The Morgan fingerprint density at radius 3 is 0.750 bits per heavy atom. The van der Waals surface area contributed by atoms with E-state index in [0.717, 1.165) is 0 Å². The molecule has 0 saturated heterocycles. The third-order valence-electron chi connectivity index (χ3n) is 0. The summed E-state index contributed by atoms with van der Waals surface area (Å²) in [5.74, 6) is 0. The van der Waals surface area contributed by atoms with Crippen LogP contribution in [-0.4, -0.2) is 23.9 Å². The smallest absolute Gasteiger partial charge is 0 e. The van der Waals surface area contributed by atoms with Crippen LogP contribution in [0.25, 0.3) is 0 Å². The van der Waals surface area contributed by atoms with Gasteiger partial charge in [0.2, 0.25) is 0 Å². The quantitative estimate of drug-likeness (QED) is 0.577. The number of hydrogen-bond acceptors (Lipinski definition) is 0. The fourth-order valence-electron chi connectivity index (χ4n) is 0. The molecule has 0 aromatic rings. The minimum atomic E-state index is 0. The van der Waals surface area contributed by atoms with Crippen molar-refractivity contribution in [1.82, 2.24) is 0 Å². The van der Waals surface area contributed by atoms with E-state index in [1.165, 1.54) is 0 Å². The molecule has 7 radical (unpaired) electrons. The molecule has 43 valence electrons. The Kier molecular flexibility index (Phi) is 2190. The van der Waals surface area contributed by atoms with Crippen molar-refractivity contribution >= 4 is 23.9 Å². The minimum absolute atomic E-state index is 0. The Hall–Kier alpha value is 0.883. The van der Waals surface area contributed by atoms with Crippen LogP contribution >= 0.6 is 0 Å². The molecule has 4 heteroatoms. The van der Waals surface area contributed by atoms with Gasteiger partial charge in [0.1, 0.15) is 0 Å². The molecule has 0 spiro atoms. The molecule has 0 heterocycles. The van der Waals surface area contributed by atoms with Crippen molar-refractivity contribution in [2.75, 3.05) is 0 Å². The Labute approximate surface area is 72.8 Å². The topological polar surface area (TPSA) is 0 Å². The van der Waals surface area contributed by atoms with Crippen LogP contribution in [0.4, 0.5) is 0 Å². The van der Waals surface area contributed by atoms with E-state index in [-0.39, 0.29) is 29.5 Å². The van der Waals surface area contributed by atoms with Crippen LogP contribution in [0.2, 0.25) is 0 Å². The van der Waals surface area contributed by atoms with Crippen molar-refractivity contribution in [1.29, 1.82) is 0 Å². The van der Waals surface area contributed by atoms with Gasteiger partial charge in [-0.15, -0.1) is 0 Å². The molecular weight excluding hydrogens is 264 g/mol. The molecular formula is C4H12B3W. The zero-order chi connectivity index (χ0) is 6.00. The van der Waals surface area contributed by atoms with Crippen LogP contribution in [0.1, 0.15) is 27.7 Å². The maximum absolute atomic E-state index is 4.00. The molecule has 0 aromatic carbocycles. The van der Waals surface area contributed by atoms with Crippen LogP contribution in [0.3, 0.4) is 0 Å². The third-order valence-corrected chi connectivity index (χ3v) is 0. The Balaban J connectivity index is -0.00000000500. The summed E-state index contributed by atoms with van der Waals surface area (Å²) in [6.45, 7) is 8.00. The van der Waals surface area contributed by atoms with Gasteiger partial charge in [0.25, 0.3) is 0 Å². The van der Waals surface area contributed by atoms with Gasteiger partial charge in [-0.05, 0) is 0 Å². The monoisotopic (exact) mass is 277 g/mol. The summed E-state index contributed by atoms with van der Waals surface area (Å²) in [4.78, 5) is 0. The molecule has 0 atom stereocenters. The predicted molar refractivity (Wildman–Crippen MR) is 40.0 cm³/mol. The molecule has 0 aliphatic rings. The molecule has 0 aromatic heterocycles. The van der Waals surface area contributed by atoms with Gasteiger partial charge < -0.3 is 0 Å². The fraction of sp³-hybridized carbons (Fsp3) is 1.00. The second kappa shape index (κ2) is 479. The van der Waals surface area contributed by atoms with E-state index >= 15 is 0 Å². The zero-order valence-electron chi connectivity index (χ0n) is 6.14. The van der Waals surface area contributed by atoms with Crippen molar-refractivity contribution in [3.63, 3.8) is 0 Å². The van der Waals surface area contributed by atoms with Gasteiger partial charge in [-0.25, -0.2) is 0 Å². The Bertz CT molecular complexity index is 11.2. The summed E-state index contributed by atoms with van der Waals surface area (Å²) in [6.07, 6.45) is 0. The summed E-state index contributed by atoms with van der Waals surface area (Å²) >= 11 is 0. The van der Waals surface area contributed by atoms with E-state index in [0.29, 0.717) is 0 Å². The van der Waals surface area contributed by atoms with Crippen molar-refractivity contribution in [3.05, 3.63) is 0 Å². The van der Waals surface area contributed by atoms with Gasteiger partial charge in [0, 0.05) is 45.0 Å². The average Bonchev–Trinajstić information content (AvgIpc) is 1.81. The largest absolute Gasteiger partial charge is 0.0683 e. The molecule has 0 aliphatic heterocycles. The molecule has 8 heavy (non-hydrogen) atoms. The second-order valence-electron chi connectivity index (χ2n) is 0. The van der Waals surface area contributed by atoms with Gasteiger partial charge in [-0.3, -0.25) is 0 Å². The summed E-state index contributed by atoms with van der Waals surface area (Å²) < 4.78 is 0. The summed E-state index contributed by atoms with van der Waals surface area (Å²) in [5, 5.41) is 0. The van der Waals surface area contributed by atoms with E-state index < -0.39 is 0 Å². The molecule has 0 saturated carbocycles. The van der Waals surface area contributed by atoms with Crippen LogP contribution in [0.5, 0.6) is 0 Å². The Morgan fingerprint density at radius 1 is 0.750 bits per heavy atom. The first-order valence-corrected chi connectivity index (χ1v) is 2.33. The summed E-state index contributed by atoms with van der Waals surface area (Å²) in [7, 11) is 8.00. The van der Waals surface area contributed by atoms with Crippen molar-refractivity contribution < 1.29 is 21.1 Å².